The number of carbonyl (C=O) groups excluding carboxylic acids is 1. The summed E-state index contributed by atoms with van der Waals surface area (Å²) >= 11 is 2.92. The second kappa shape index (κ2) is 13.0. The summed E-state index contributed by atoms with van der Waals surface area (Å²) in [6, 6.07) is 23.5. The molecule has 40 heavy (non-hydrogen) atoms. The number of nitriles is 1. The third-order valence-electron chi connectivity index (χ3n) is 5.95. The quantitative estimate of drug-likeness (QED) is 0.189. The predicted molar refractivity (Wildman–Crippen MR) is 154 cm³/mol. The maximum absolute atomic E-state index is 13.3. The molecule has 2 aromatic carbocycles. The highest BCUT2D eigenvalue weighted by atomic mass is 32.2. The van der Waals surface area contributed by atoms with Gasteiger partial charge in [-0.2, -0.15) is 5.26 Å². The van der Waals surface area contributed by atoms with Gasteiger partial charge in [-0.25, -0.2) is 4.98 Å². The van der Waals surface area contributed by atoms with Crippen LogP contribution in [0.5, 0.6) is 5.75 Å². The molecule has 3 heterocycles. The molecule has 0 saturated carbocycles. The normalized spacial score (nSPS) is 10.7. The highest BCUT2D eigenvalue weighted by Crippen LogP contribution is 2.31. The van der Waals surface area contributed by atoms with Crippen molar-refractivity contribution in [2.24, 2.45) is 0 Å². The summed E-state index contributed by atoms with van der Waals surface area (Å²) in [4.78, 5) is 23.7. The van der Waals surface area contributed by atoms with Gasteiger partial charge in [-0.1, -0.05) is 48.2 Å². The van der Waals surface area contributed by atoms with Gasteiger partial charge in [0, 0.05) is 42.1 Å². The van der Waals surface area contributed by atoms with E-state index in [9.17, 15) is 4.79 Å². The van der Waals surface area contributed by atoms with Crippen LogP contribution in [0.15, 0.2) is 89.7 Å². The summed E-state index contributed by atoms with van der Waals surface area (Å²) in [6.07, 6.45) is 3.65. The highest BCUT2D eigenvalue weighted by molar-refractivity contribution is 7.98. The Bertz CT molecular complexity index is 1610. The lowest BCUT2D eigenvalue weighted by molar-refractivity contribution is 0.0741. The van der Waals surface area contributed by atoms with E-state index in [2.05, 4.69) is 26.2 Å². The summed E-state index contributed by atoms with van der Waals surface area (Å²) < 4.78 is 7.42. The van der Waals surface area contributed by atoms with Crippen molar-refractivity contribution in [2.45, 2.75) is 23.9 Å². The third kappa shape index (κ3) is 6.36. The lowest BCUT2D eigenvalue weighted by Gasteiger charge is -2.20. The first-order valence-corrected chi connectivity index (χ1v) is 14.3. The topological polar surface area (TPSA) is 110 Å². The lowest BCUT2D eigenvalue weighted by Crippen LogP contribution is -2.31. The number of pyridine rings is 1. The van der Waals surface area contributed by atoms with Gasteiger partial charge in [0.25, 0.3) is 5.91 Å². The largest absolute Gasteiger partial charge is 0.497 e. The van der Waals surface area contributed by atoms with E-state index in [0.29, 0.717) is 35.5 Å². The molecule has 0 atom stereocenters. The number of benzene rings is 2. The van der Waals surface area contributed by atoms with Gasteiger partial charge in [0.2, 0.25) is 0 Å². The van der Waals surface area contributed by atoms with Gasteiger partial charge in [0.05, 0.1) is 25.4 Å². The van der Waals surface area contributed by atoms with Crippen LogP contribution in [-0.4, -0.2) is 49.2 Å². The predicted octanol–water partition coefficient (Wildman–Crippen LogP) is 5.64. The minimum atomic E-state index is -0.209. The van der Waals surface area contributed by atoms with Crippen LogP contribution in [0.2, 0.25) is 0 Å². The van der Waals surface area contributed by atoms with Crippen molar-refractivity contribution in [2.75, 3.05) is 13.7 Å². The van der Waals surface area contributed by atoms with E-state index in [0.717, 1.165) is 27.6 Å². The molecule has 3 aromatic heterocycles. The molecule has 0 fully saturated rings. The average molecular weight is 568 g/mol. The number of para-hydroxylation sites is 1. The molecule has 0 saturated heterocycles. The molecule has 0 N–H and O–H groups in total. The van der Waals surface area contributed by atoms with Crippen molar-refractivity contribution >= 4 is 29.0 Å². The SMILES string of the molecule is COc1cccc(-c2nnc(SCc3nc(C(=O)N(CCC#N)Cc4cccnc4)cs3)n2-c2ccccc2)c1. The maximum Gasteiger partial charge on any atom is 0.273 e. The van der Waals surface area contributed by atoms with E-state index in [4.69, 9.17) is 10.00 Å². The minimum Gasteiger partial charge on any atom is -0.497 e. The van der Waals surface area contributed by atoms with Gasteiger partial charge in [-0.15, -0.1) is 21.5 Å². The fraction of sp³-hybridized carbons (Fsp3) is 0.172. The Kier molecular flexibility index (Phi) is 8.80. The Morgan fingerprint density at radius 3 is 2.77 bits per heavy atom. The van der Waals surface area contributed by atoms with Crippen molar-refractivity contribution in [1.82, 2.24) is 29.6 Å². The van der Waals surface area contributed by atoms with E-state index < -0.39 is 0 Å². The fourth-order valence-electron chi connectivity index (χ4n) is 4.04. The summed E-state index contributed by atoms with van der Waals surface area (Å²) in [5.74, 6) is 1.74. The zero-order chi connectivity index (χ0) is 27.7. The number of thiazole rings is 1. The van der Waals surface area contributed by atoms with E-state index in [-0.39, 0.29) is 12.3 Å². The van der Waals surface area contributed by atoms with E-state index >= 15 is 0 Å². The number of ether oxygens (including phenoxy) is 1. The van der Waals surface area contributed by atoms with Crippen molar-refractivity contribution in [1.29, 1.82) is 5.26 Å². The number of rotatable bonds is 11. The van der Waals surface area contributed by atoms with Gasteiger partial charge < -0.3 is 9.64 Å². The van der Waals surface area contributed by atoms with E-state index in [1.54, 1.807) is 29.8 Å². The standard InChI is InChI=1S/C29H25N7O2S2/c1-38-24-12-5-9-22(16-24)27-33-34-29(36(27)23-10-3-2-4-11-23)40-20-26-32-25(19-39-26)28(37)35(15-7-13-30)18-21-8-6-14-31-17-21/h2-6,8-12,14,16-17,19H,7,15,18,20H2,1H3. The average Bonchev–Trinajstić information content (AvgIpc) is 3.66. The van der Waals surface area contributed by atoms with E-state index in [1.165, 1.54) is 23.1 Å². The summed E-state index contributed by atoms with van der Waals surface area (Å²) in [5.41, 5.74) is 3.08. The Morgan fingerprint density at radius 2 is 2.00 bits per heavy atom. The second-order valence-corrected chi connectivity index (χ2v) is 10.5. The minimum absolute atomic E-state index is 0.209. The summed E-state index contributed by atoms with van der Waals surface area (Å²) in [6.45, 7) is 0.683. The molecule has 0 aliphatic carbocycles. The van der Waals surface area contributed by atoms with Crippen LogP contribution in [0.25, 0.3) is 17.1 Å². The number of nitrogens with zero attached hydrogens (tertiary/aromatic N) is 7. The summed E-state index contributed by atoms with van der Waals surface area (Å²) in [5, 5.41) is 21.3. The molecule has 0 bridgehead atoms. The maximum atomic E-state index is 13.3. The number of aromatic nitrogens is 5. The Morgan fingerprint density at radius 1 is 1.12 bits per heavy atom. The van der Waals surface area contributed by atoms with Gasteiger partial charge in [0.15, 0.2) is 11.0 Å². The second-order valence-electron chi connectivity index (χ2n) is 8.62. The molecule has 5 rings (SSSR count). The monoisotopic (exact) mass is 567 g/mol. The number of hydrogen-bond acceptors (Lipinski definition) is 9. The molecular weight excluding hydrogens is 543 g/mol. The van der Waals surface area contributed by atoms with Crippen LogP contribution in [-0.2, 0) is 12.3 Å². The van der Waals surface area contributed by atoms with Crippen LogP contribution >= 0.6 is 23.1 Å². The number of carbonyl (C=O) groups is 1. The highest BCUT2D eigenvalue weighted by Gasteiger charge is 2.21. The van der Waals surface area contributed by atoms with Crippen molar-refractivity contribution in [3.05, 3.63) is 101 Å². The molecule has 0 radical (unpaired) electrons. The third-order valence-corrected chi connectivity index (χ3v) is 7.92. The molecule has 0 spiro atoms. The lowest BCUT2D eigenvalue weighted by atomic mass is 10.2. The Labute approximate surface area is 240 Å². The first kappa shape index (κ1) is 27.1. The smallest absolute Gasteiger partial charge is 0.273 e. The van der Waals surface area contributed by atoms with Gasteiger partial charge in [-0.05, 0) is 35.9 Å². The van der Waals surface area contributed by atoms with Gasteiger partial charge >= 0.3 is 0 Å². The number of amides is 1. The number of hydrogen-bond donors (Lipinski definition) is 0. The molecule has 200 valence electrons. The summed E-state index contributed by atoms with van der Waals surface area (Å²) in [7, 11) is 1.64. The first-order chi connectivity index (χ1) is 19.7. The fourth-order valence-corrected chi connectivity index (χ4v) is 5.77. The van der Waals surface area contributed by atoms with Crippen LogP contribution in [0.4, 0.5) is 0 Å². The van der Waals surface area contributed by atoms with E-state index in [1.807, 2.05) is 71.3 Å². The molecule has 0 unspecified atom stereocenters. The van der Waals surface area contributed by atoms with Gasteiger partial charge in [-0.3, -0.25) is 14.3 Å². The van der Waals surface area contributed by atoms with Crippen molar-refractivity contribution in [3.63, 3.8) is 0 Å². The number of thioether (sulfide) groups is 1. The van der Waals surface area contributed by atoms with Crippen LogP contribution in [0.3, 0.4) is 0 Å². The zero-order valence-electron chi connectivity index (χ0n) is 21.7. The van der Waals surface area contributed by atoms with Crippen LogP contribution < -0.4 is 4.74 Å². The molecule has 1 amide bonds. The molecule has 5 aromatic rings. The first-order valence-electron chi connectivity index (χ1n) is 12.4. The molecule has 0 aliphatic rings. The van der Waals surface area contributed by atoms with Crippen molar-refractivity contribution < 1.29 is 9.53 Å². The molecular formula is C29H25N7O2S2. The number of methoxy groups -OCH3 is 1. The Hall–Kier alpha value is -4.53. The molecule has 0 aliphatic heterocycles. The molecule has 11 heteroatoms. The molecule has 9 nitrogen and oxygen atoms in total. The van der Waals surface area contributed by atoms with Gasteiger partial charge in [0.1, 0.15) is 16.5 Å². The van der Waals surface area contributed by atoms with Crippen LogP contribution in [0.1, 0.15) is 27.5 Å². The van der Waals surface area contributed by atoms with Crippen molar-refractivity contribution in [3.8, 4) is 28.9 Å². The Balaban J connectivity index is 1.35. The van der Waals surface area contributed by atoms with Crippen LogP contribution in [0, 0.1) is 11.3 Å². The zero-order valence-corrected chi connectivity index (χ0v) is 23.3.